The summed E-state index contributed by atoms with van der Waals surface area (Å²) in [5.41, 5.74) is 2.06. The fraction of sp³-hybridized carbons (Fsp3) is 0.381. The molecule has 0 radical (unpaired) electrons. The van der Waals surface area contributed by atoms with Crippen LogP contribution < -0.4 is 10.2 Å². The summed E-state index contributed by atoms with van der Waals surface area (Å²) in [5.74, 6) is 1.72. The van der Waals surface area contributed by atoms with Crippen LogP contribution in [0.25, 0.3) is 11.5 Å². The molecular formula is C21H24N6O2. The van der Waals surface area contributed by atoms with Crippen LogP contribution in [0.15, 0.2) is 47.1 Å². The molecule has 1 aliphatic rings. The average Bonchev–Trinajstić information content (AvgIpc) is 3.23. The summed E-state index contributed by atoms with van der Waals surface area (Å²) in [4.78, 5) is 23.0. The summed E-state index contributed by atoms with van der Waals surface area (Å²) >= 11 is 0. The number of benzene rings is 1. The van der Waals surface area contributed by atoms with Crippen LogP contribution in [0.2, 0.25) is 0 Å². The first-order chi connectivity index (χ1) is 14.2. The predicted octanol–water partition coefficient (Wildman–Crippen LogP) is 2.55. The van der Waals surface area contributed by atoms with Crippen LogP contribution in [0.1, 0.15) is 30.7 Å². The van der Waals surface area contributed by atoms with Gasteiger partial charge in [0.15, 0.2) is 0 Å². The van der Waals surface area contributed by atoms with Gasteiger partial charge >= 0.3 is 0 Å². The van der Waals surface area contributed by atoms with Gasteiger partial charge < -0.3 is 14.6 Å². The fourth-order valence-corrected chi connectivity index (χ4v) is 3.37. The van der Waals surface area contributed by atoms with Gasteiger partial charge in [-0.2, -0.15) is 0 Å². The van der Waals surface area contributed by atoms with Crippen molar-refractivity contribution in [3.63, 3.8) is 0 Å². The van der Waals surface area contributed by atoms with Crippen LogP contribution in [0.5, 0.6) is 0 Å². The zero-order valence-electron chi connectivity index (χ0n) is 16.4. The molecule has 8 nitrogen and oxygen atoms in total. The fourth-order valence-electron chi connectivity index (χ4n) is 3.37. The number of piperidine rings is 1. The molecule has 1 amide bonds. The van der Waals surface area contributed by atoms with E-state index in [1.165, 1.54) is 5.56 Å². The molecule has 4 rings (SSSR count). The molecule has 0 saturated carbocycles. The zero-order valence-corrected chi connectivity index (χ0v) is 16.4. The number of hydrogen-bond donors (Lipinski definition) is 1. The number of nitrogens with zero attached hydrogens (tertiary/aromatic N) is 5. The topological polar surface area (TPSA) is 97.0 Å². The minimum atomic E-state index is 0.00879. The molecule has 8 heteroatoms. The van der Waals surface area contributed by atoms with Crippen molar-refractivity contribution in [1.29, 1.82) is 0 Å². The molecule has 29 heavy (non-hydrogen) atoms. The van der Waals surface area contributed by atoms with Gasteiger partial charge in [0, 0.05) is 49.9 Å². The van der Waals surface area contributed by atoms with E-state index in [0.717, 1.165) is 37.4 Å². The summed E-state index contributed by atoms with van der Waals surface area (Å²) in [6, 6.07) is 9.89. The number of amides is 1. The number of carbonyl (C=O) groups is 1. The molecule has 1 aromatic carbocycles. The molecule has 1 saturated heterocycles. The Balaban J connectivity index is 1.22. The highest BCUT2D eigenvalue weighted by molar-refractivity contribution is 5.76. The van der Waals surface area contributed by atoms with Gasteiger partial charge in [-0.25, -0.2) is 9.97 Å². The lowest BCUT2D eigenvalue weighted by Crippen LogP contribution is -2.45. The number of aromatic nitrogens is 4. The summed E-state index contributed by atoms with van der Waals surface area (Å²) < 4.78 is 5.69. The number of carbonyl (C=O) groups excluding carboxylic acids is 1. The summed E-state index contributed by atoms with van der Waals surface area (Å²) in [6.45, 7) is 3.69. The van der Waals surface area contributed by atoms with Crippen LogP contribution in [-0.2, 0) is 11.2 Å². The Kier molecular flexibility index (Phi) is 5.79. The highest BCUT2D eigenvalue weighted by Gasteiger charge is 2.22. The summed E-state index contributed by atoms with van der Waals surface area (Å²) in [6.07, 6.45) is 6.01. The Labute approximate surface area is 169 Å². The van der Waals surface area contributed by atoms with E-state index < -0.39 is 0 Å². The number of aryl methyl sites for hydroxylation is 2. The largest absolute Gasteiger partial charge is 0.421 e. The number of hydrogen-bond acceptors (Lipinski definition) is 7. The van der Waals surface area contributed by atoms with E-state index in [1.807, 2.05) is 37.3 Å². The van der Waals surface area contributed by atoms with E-state index in [9.17, 15) is 4.79 Å². The Morgan fingerprint density at radius 3 is 2.59 bits per heavy atom. The smallest absolute Gasteiger partial charge is 0.247 e. The lowest BCUT2D eigenvalue weighted by atomic mass is 10.1. The lowest BCUT2D eigenvalue weighted by Gasteiger charge is -2.32. The predicted molar refractivity (Wildman–Crippen MR) is 108 cm³/mol. The third-order valence-electron chi connectivity index (χ3n) is 5.03. The van der Waals surface area contributed by atoms with Crippen LogP contribution in [0, 0.1) is 6.92 Å². The molecule has 3 heterocycles. The van der Waals surface area contributed by atoms with Crippen molar-refractivity contribution in [1.82, 2.24) is 25.5 Å². The first-order valence-electron chi connectivity index (χ1n) is 9.88. The van der Waals surface area contributed by atoms with Crippen LogP contribution in [0.4, 0.5) is 5.95 Å². The third kappa shape index (κ3) is 4.96. The maximum atomic E-state index is 12.3. The summed E-state index contributed by atoms with van der Waals surface area (Å²) in [7, 11) is 0. The molecule has 1 aliphatic heterocycles. The number of rotatable bonds is 6. The van der Waals surface area contributed by atoms with Crippen LogP contribution in [-0.4, -0.2) is 45.2 Å². The van der Waals surface area contributed by atoms with Crippen molar-refractivity contribution >= 4 is 11.9 Å². The van der Waals surface area contributed by atoms with Crippen molar-refractivity contribution in [2.75, 3.05) is 18.0 Å². The minimum Gasteiger partial charge on any atom is -0.421 e. The van der Waals surface area contributed by atoms with Gasteiger partial charge in [0.25, 0.3) is 0 Å². The Bertz CT molecular complexity index is 933. The lowest BCUT2D eigenvalue weighted by molar-refractivity contribution is -0.122. The molecule has 0 bridgehead atoms. The Morgan fingerprint density at radius 2 is 1.86 bits per heavy atom. The van der Waals surface area contributed by atoms with Gasteiger partial charge in [-0.1, -0.05) is 17.7 Å². The van der Waals surface area contributed by atoms with E-state index in [-0.39, 0.29) is 11.9 Å². The molecule has 0 unspecified atom stereocenters. The van der Waals surface area contributed by atoms with E-state index in [2.05, 4.69) is 30.4 Å². The normalized spacial score (nSPS) is 14.7. The van der Waals surface area contributed by atoms with Crippen molar-refractivity contribution in [3.8, 4) is 11.5 Å². The Hall–Kier alpha value is -3.29. The number of nitrogens with one attached hydrogen (secondary N) is 1. The second-order valence-corrected chi connectivity index (χ2v) is 7.24. The SMILES string of the molecule is Cc1ccc(-c2nnc(CCC(=O)NC3CCN(c4ncccn4)CC3)o2)cc1. The molecule has 150 valence electrons. The maximum Gasteiger partial charge on any atom is 0.247 e. The second kappa shape index (κ2) is 8.81. The van der Waals surface area contributed by atoms with E-state index in [0.29, 0.717) is 24.6 Å². The molecule has 0 atom stereocenters. The second-order valence-electron chi connectivity index (χ2n) is 7.24. The summed E-state index contributed by atoms with van der Waals surface area (Å²) in [5, 5.41) is 11.3. The van der Waals surface area contributed by atoms with E-state index in [4.69, 9.17) is 4.42 Å². The van der Waals surface area contributed by atoms with Crippen molar-refractivity contribution in [3.05, 3.63) is 54.2 Å². The minimum absolute atomic E-state index is 0.00879. The average molecular weight is 392 g/mol. The van der Waals surface area contributed by atoms with Gasteiger partial charge in [-0.3, -0.25) is 4.79 Å². The molecule has 0 aliphatic carbocycles. The van der Waals surface area contributed by atoms with Gasteiger partial charge in [-0.15, -0.1) is 10.2 Å². The highest BCUT2D eigenvalue weighted by atomic mass is 16.4. The first kappa shape index (κ1) is 19.0. The van der Waals surface area contributed by atoms with E-state index >= 15 is 0 Å². The third-order valence-corrected chi connectivity index (χ3v) is 5.03. The molecule has 1 fully saturated rings. The zero-order chi connectivity index (χ0) is 20.1. The molecule has 2 aromatic heterocycles. The van der Waals surface area contributed by atoms with Crippen molar-refractivity contribution < 1.29 is 9.21 Å². The number of anilines is 1. The van der Waals surface area contributed by atoms with Gasteiger partial charge in [0.05, 0.1) is 0 Å². The maximum absolute atomic E-state index is 12.3. The first-order valence-corrected chi connectivity index (χ1v) is 9.88. The van der Waals surface area contributed by atoms with Crippen molar-refractivity contribution in [2.45, 2.75) is 38.6 Å². The molecule has 1 N–H and O–H groups in total. The molecule has 3 aromatic rings. The highest BCUT2D eigenvalue weighted by Crippen LogP contribution is 2.19. The van der Waals surface area contributed by atoms with E-state index in [1.54, 1.807) is 12.4 Å². The van der Waals surface area contributed by atoms with Crippen molar-refractivity contribution in [2.24, 2.45) is 0 Å². The molecule has 0 spiro atoms. The quantitative estimate of drug-likeness (QED) is 0.688. The standard InChI is InChI=1S/C21H24N6O2/c1-15-3-5-16(6-4-15)20-26-25-19(29-20)8-7-18(28)24-17-9-13-27(14-10-17)21-22-11-2-12-23-21/h2-6,11-12,17H,7-10,13-14H2,1H3,(H,24,28). The monoisotopic (exact) mass is 392 g/mol. The van der Waals surface area contributed by atoms with Crippen LogP contribution >= 0.6 is 0 Å². The van der Waals surface area contributed by atoms with Gasteiger partial charge in [0.2, 0.25) is 23.6 Å². The Morgan fingerprint density at radius 1 is 1.14 bits per heavy atom. The van der Waals surface area contributed by atoms with Gasteiger partial charge in [0.1, 0.15) is 0 Å². The molecular weight excluding hydrogens is 368 g/mol. The van der Waals surface area contributed by atoms with Crippen LogP contribution in [0.3, 0.4) is 0 Å². The van der Waals surface area contributed by atoms with Gasteiger partial charge in [-0.05, 0) is 38.0 Å².